The number of nitrogens with zero attached hydrogens (tertiary/aromatic N) is 2. The zero-order valence-electron chi connectivity index (χ0n) is 21.8. The van der Waals surface area contributed by atoms with Crippen LogP contribution in [-0.2, 0) is 38.4 Å². The van der Waals surface area contributed by atoms with E-state index in [9.17, 15) is 24.3 Å². The molecule has 3 aromatic rings. The lowest BCUT2D eigenvalue weighted by molar-refractivity contribution is -0.143. The molecule has 0 fully saturated rings. The van der Waals surface area contributed by atoms with Crippen molar-refractivity contribution in [2.24, 2.45) is 11.7 Å². The molecule has 8 N–H and O–H groups in total. The highest BCUT2D eigenvalue weighted by atomic mass is 16.4. The van der Waals surface area contributed by atoms with Gasteiger partial charge in [-0.05, 0) is 11.5 Å². The Morgan fingerprint density at radius 3 is 1.90 bits per heavy atom. The van der Waals surface area contributed by atoms with Crippen LogP contribution in [0.2, 0.25) is 0 Å². The van der Waals surface area contributed by atoms with Gasteiger partial charge in [0.05, 0.1) is 18.7 Å². The number of amides is 3. The lowest BCUT2D eigenvalue weighted by Crippen LogP contribution is -2.58. The first-order valence-electron chi connectivity index (χ1n) is 12.5. The Labute approximate surface area is 225 Å². The van der Waals surface area contributed by atoms with Crippen LogP contribution in [0.5, 0.6) is 0 Å². The summed E-state index contributed by atoms with van der Waals surface area (Å²) < 4.78 is 0. The highest BCUT2D eigenvalue weighted by molar-refractivity contribution is 5.94. The molecule has 13 nitrogen and oxygen atoms in total. The largest absolute Gasteiger partial charge is 0.480 e. The van der Waals surface area contributed by atoms with Gasteiger partial charge >= 0.3 is 5.97 Å². The molecule has 1 aromatic carbocycles. The zero-order valence-corrected chi connectivity index (χ0v) is 21.8. The summed E-state index contributed by atoms with van der Waals surface area (Å²) in [6.45, 7) is 3.33. The third kappa shape index (κ3) is 8.78. The molecular formula is C26H34N8O5. The normalized spacial score (nSPS) is 14.2. The van der Waals surface area contributed by atoms with Crippen molar-refractivity contribution in [3.8, 4) is 0 Å². The van der Waals surface area contributed by atoms with Crippen LogP contribution in [0.1, 0.15) is 30.8 Å². The SMILES string of the molecule is CC(C)C(NC(=O)C(Cc1cnc[nH]1)NC(=O)C(Cc1ccccc1)NC(=O)C(N)Cc1cnc[nH]1)C(=O)O. The standard InChI is InChI=1S/C26H34N8O5/c1-15(2)22(26(38)39)34-25(37)21(10-18-12-29-14-31-18)33-24(36)20(8-16-6-4-3-5-7-16)32-23(35)19(27)9-17-11-28-13-30-17/h3-7,11-15,19-22H,8-10,27H2,1-2H3,(H,28,30)(H,29,31)(H,32,35)(H,33,36)(H,34,37)(H,38,39). The number of benzene rings is 1. The van der Waals surface area contributed by atoms with Crippen molar-refractivity contribution in [1.29, 1.82) is 0 Å². The molecule has 0 aliphatic heterocycles. The van der Waals surface area contributed by atoms with E-state index in [0.717, 1.165) is 5.56 Å². The van der Waals surface area contributed by atoms with Crippen molar-refractivity contribution in [1.82, 2.24) is 35.9 Å². The van der Waals surface area contributed by atoms with E-state index in [-0.39, 0.29) is 19.3 Å². The molecule has 3 amide bonds. The molecule has 0 radical (unpaired) electrons. The van der Waals surface area contributed by atoms with Gasteiger partial charge in [-0.15, -0.1) is 0 Å². The summed E-state index contributed by atoms with van der Waals surface area (Å²) in [4.78, 5) is 64.9. The summed E-state index contributed by atoms with van der Waals surface area (Å²) in [5.74, 6) is -3.44. The van der Waals surface area contributed by atoms with Gasteiger partial charge in [0.15, 0.2) is 0 Å². The Morgan fingerprint density at radius 2 is 1.36 bits per heavy atom. The lowest BCUT2D eigenvalue weighted by atomic mass is 10.0. The molecule has 0 bridgehead atoms. The number of hydrogen-bond acceptors (Lipinski definition) is 7. The number of carbonyl (C=O) groups excluding carboxylic acids is 3. The molecule has 4 unspecified atom stereocenters. The zero-order chi connectivity index (χ0) is 28.4. The molecule has 39 heavy (non-hydrogen) atoms. The molecule has 4 atom stereocenters. The van der Waals surface area contributed by atoms with Crippen LogP contribution in [0, 0.1) is 5.92 Å². The van der Waals surface area contributed by atoms with E-state index in [1.807, 2.05) is 30.3 Å². The summed E-state index contributed by atoms with van der Waals surface area (Å²) in [6.07, 6.45) is 6.31. The second kappa shape index (κ2) is 13.9. The van der Waals surface area contributed by atoms with Crippen LogP contribution in [-0.4, -0.2) is 72.9 Å². The number of carbonyl (C=O) groups is 4. The van der Waals surface area contributed by atoms with E-state index in [0.29, 0.717) is 11.4 Å². The molecule has 13 heteroatoms. The monoisotopic (exact) mass is 538 g/mol. The minimum absolute atomic E-state index is 0.0212. The molecule has 3 rings (SSSR count). The topological polar surface area (TPSA) is 208 Å². The minimum atomic E-state index is -1.19. The third-order valence-electron chi connectivity index (χ3n) is 6.09. The Kier molecular flexibility index (Phi) is 10.3. The number of aliphatic carboxylic acids is 1. The van der Waals surface area contributed by atoms with Gasteiger partial charge in [-0.25, -0.2) is 14.8 Å². The highest BCUT2D eigenvalue weighted by Gasteiger charge is 2.32. The first-order valence-corrected chi connectivity index (χ1v) is 12.5. The number of carboxylic acids is 1. The van der Waals surface area contributed by atoms with Gasteiger partial charge in [0, 0.05) is 43.0 Å². The summed E-state index contributed by atoms with van der Waals surface area (Å²) in [6, 6.07) is 4.75. The van der Waals surface area contributed by atoms with Crippen molar-refractivity contribution in [3.63, 3.8) is 0 Å². The second-order valence-electron chi connectivity index (χ2n) is 9.55. The average molecular weight is 539 g/mol. The first kappa shape index (κ1) is 29.0. The van der Waals surface area contributed by atoms with Crippen LogP contribution in [0.15, 0.2) is 55.4 Å². The predicted molar refractivity (Wildman–Crippen MR) is 141 cm³/mol. The number of nitrogens with two attached hydrogens (primary N) is 1. The fourth-order valence-corrected chi connectivity index (χ4v) is 3.93. The molecule has 2 aromatic heterocycles. The molecule has 0 saturated heterocycles. The summed E-state index contributed by atoms with van der Waals surface area (Å²) in [5.41, 5.74) is 8.07. The van der Waals surface area contributed by atoms with Gasteiger partial charge in [-0.3, -0.25) is 14.4 Å². The Bertz CT molecular complexity index is 1210. The van der Waals surface area contributed by atoms with Crippen molar-refractivity contribution >= 4 is 23.7 Å². The molecule has 0 saturated carbocycles. The van der Waals surface area contributed by atoms with Crippen molar-refractivity contribution < 1.29 is 24.3 Å². The van der Waals surface area contributed by atoms with E-state index < -0.39 is 53.8 Å². The number of rotatable bonds is 14. The maximum atomic E-state index is 13.5. The van der Waals surface area contributed by atoms with Crippen LogP contribution in [0.25, 0.3) is 0 Å². The summed E-state index contributed by atoms with van der Waals surface area (Å²) in [7, 11) is 0. The van der Waals surface area contributed by atoms with Gasteiger partial charge in [-0.2, -0.15) is 0 Å². The number of carboxylic acid groups (broad SMARTS) is 1. The molecule has 0 spiro atoms. The van der Waals surface area contributed by atoms with Gasteiger partial charge in [0.25, 0.3) is 0 Å². The Morgan fingerprint density at radius 1 is 0.821 bits per heavy atom. The first-order chi connectivity index (χ1) is 18.6. The summed E-state index contributed by atoms with van der Waals surface area (Å²) in [5, 5.41) is 17.4. The van der Waals surface area contributed by atoms with Crippen LogP contribution in [0.3, 0.4) is 0 Å². The van der Waals surface area contributed by atoms with Crippen LogP contribution >= 0.6 is 0 Å². The fraction of sp³-hybridized carbons (Fsp3) is 0.385. The maximum absolute atomic E-state index is 13.5. The molecule has 0 aliphatic carbocycles. The summed E-state index contributed by atoms with van der Waals surface area (Å²) >= 11 is 0. The molecule has 208 valence electrons. The number of nitrogens with one attached hydrogen (secondary N) is 5. The number of H-pyrrole nitrogens is 2. The van der Waals surface area contributed by atoms with Crippen molar-refractivity contribution in [2.75, 3.05) is 0 Å². The van der Waals surface area contributed by atoms with E-state index in [1.165, 1.54) is 18.9 Å². The van der Waals surface area contributed by atoms with E-state index >= 15 is 0 Å². The minimum Gasteiger partial charge on any atom is -0.480 e. The number of aromatic nitrogens is 4. The van der Waals surface area contributed by atoms with E-state index in [2.05, 4.69) is 35.9 Å². The van der Waals surface area contributed by atoms with Crippen molar-refractivity contribution in [3.05, 3.63) is 72.3 Å². The fourth-order valence-electron chi connectivity index (χ4n) is 3.93. The van der Waals surface area contributed by atoms with Gasteiger partial charge in [0.1, 0.15) is 18.1 Å². The number of imidazole rings is 2. The van der Waals surface area contributed by atoms with Gasteiger partial charge in [0.2, 0.25) is 17.7 Å². The highest BCUT2D eigenvalue weighted by Crippen LogP contribution is 2.08. The second-order valence-corrected chi connectivity index (χ2v) is 9.55. The van der Waals surface area contributed by atoms with Crippen LogP contribution < -0.4 is 21.7 Å². The lowest BCUT2D eigenvalue weighted by Gasteiger charge is -2.26. The Hall–Kier alpha value is -4.52. The predicted octanol–water partition coefficient (Wildman–Crippen LogP) is -0.317. The number of aromatic amines is 2. The van der Waals surface area contributed by atoms with E-state index in [4.69, 9.17) is 5.73 Å². The Balaban J connectivity index is 1.79. The van der Waals surface area contributed by atoms with Crippen LogP contribution in [0.4, 0.5) is 0 Å². The van der Waals surface area contributed by atoms with Gasteiger partial charge < -0.3 is 36.8 Å². The molecule has 0 aliphatic rings. The number of hydrogen-bond donors (Lipinski definition) is 7. The quantitative estimate of drug-likeness (QED) is 0.144. The van der Waals surface area contributed by atoms with Gasteiger partial charge in [-0.1, -0.05) is 44.2 Å². The maximum Gasteiger partial charge on any atom is 0.326 e. The molecular weight excluding hydrogens is 504 g/mol. The average Bonchev–Trinajstić information content (AvgIpc) is 3.61. The van der Waals surface area contributed by atoms with Crippen molar-refractivity contribution in [2.45, 2.75) is 57.3 Å². The molecule has 2 heterocycles. The third-order valence-corrected chi connectivity index (χ3v) is 6.09. The smallest absolute Gasteiger partial charge is 0.326 e. The van der Waals surface area contributed by atoms with E-state index in [1.54, 1.807) is 20.0 Å².